The van der Waals surface area contributed by atoms with Gasteiger partial charge in [0.25, 0.3) is 0 Å². The van der Waals surface area contributed by atoms with Gasteiger partial charge in [0.05, 0.1) is 6.61 Å². The largest absolute Gasteiger partial charge is 0.449 e. The third kappa shape index (κ3) is 4.43. The van der Waals surface area contributed by atoms with E-state index in [0.717, 1.165) is 12.0 Å². The molecule has 2 rings (SSSR count). The molecule has 1 aromatic carbocycles. The van der Waals surface area contributed by atoms with E-state index in [9.17, 15) is 14.0 Å². The standard InChI is InChI=1S/C17H23FN2O3/c1-11(2)10-23-17(22)20-8-4-5-15(20)16(21)19-14-9-13(18)7-6-12(14)3/h6-7,9,11,15H,4-5,8,10H2,1-3H3,(H,19,21). The maximum Gasteiger partial charge on any atom is 0.410 e. The van der Waals surface area contributed by atoms with Gasteiger partial charge < -0.3 is 10.1 Å². The molecule has 6 heteroatoms. The molecule has 1 heterocycles. The van der Waals surface area contributed by atoms with Crippen molar-refractivity contribution in [2.45, 2.75) is 39.7 Å². The van der Waals surface area contributed by atoms with E-state index in [2.05, 4.69) is 5.32 Å². The SMILES string of the molecule is Cc1ccc(F)cc1NC(=O)C1CCCN1C(=O)OCC(C)C. The first kappa shape index (κ1) is 17.2. The van der Waals surface area contributed by atoms with Gasteiger partial charge in [0.2, 0.25) is 5.91 Å². The minimum atomic E-state index is -0.572. The highest BCUT2D eigenvalue weighted by molar-refractivity contribution is 5.97. The zero-order valence-corrected chi connectivity index (χ0v) is 13.8. The van der Waals surface area contributed by atoms with E-state index in [1.165, 1.54) is 17.0 Å². The summed E-state index contributed by atoms with van der Waals surface area (Å²) < 4.78 is 18.5. The van der Waals surface area contributed by atoms with E-state index >= 15 is 0 Å². The summed E-state index contributed by atoms with van der Waals surface area (Å²) in [6.07, 6.45) is 0.862. The maximum absolute atomic E-state index is 13.3. The second-order valence-electron chi connectivity index (χ2n) is 6.27. The highest BCUT2D eigenvalue weighted by atomic mass is 19.1. The number of benzene rings is 1. The number of amides is 2. The molecule has 1 atom stereocenters. The molecule has 1 aliphatic rings. The van der Waals surface area contributed by atoms with E-state index < -0.39 is 18.0 Å². The normalized spacial score (nSPS) is 17.4. The minimum Gasteiger partial charge on any atom is -0.449 e. The van der Waals surface area contributed by atoms with Crippen LogP contribution in [0.5, 0.6) is 0 Å². The number of nitrogens with zero attached hydrogens (tertiary/aromatic N) is 1. The predicted molar refractivity (Wildman–Crippen MR) is 85.7 cm³/mol. The Morgan fingerprint density at radius 3 is 2.87 bits per heavy atom. The monoisotopic (exact) mass is 322 g/mol. The number of aryl methyl sites for hydroxylation is 1. The summed E-state index contributed by atoms with van der Waals surface area (Å²) in [5.41, 5.74) is 1.20. The average Bonchev–Trinajstić information content (AvgIpc) is 2.98. The number of halogens is 1. The number of hydrogen-bond donors (Lipinski definition) is 1. The summed E-state index contributed by atoms with van der Waals surface area (Å²) in [7, 11) is 0. The highest BCUT2D eigenvalue weighted by Gasteiger charge is 2.35. The van der Waals surface area contributed by atoms with Crippen LogP contribution in [0, 0.1) is 18.7 Å². The second-order valence-corrected chi connectivity index (χ2v) is 6.27. The zero-order valence-electron chi connectivity index (χ0n) is 13.8. The van der Waals surface area contributed by atoms with Gasteiger partial charge in [-0.15, -0.1) is 0 Å². The van der Waals surface area contributed by atoms with Crippen molar-refractivity contribution in [2.24, 2.45) is 5.92 Å². The molecule has 1 saturated heterocycles. The first-order valence-corrected chi connectivity index (χ1v) is 7.89. The zero-order chi connectivity index (χ0) is 17.0. The molecule has 2 amide bonds. The summed E-state index contributed by atoms with van der Waals surface area (Å²) in [6, 6.07) is 3.66. The first-order chi connectivity index (χ1) is 10.9. The molecule has 23 heavy (non-hydrogen) atoms. The van der Waals surface area contributed by atoms with Crippen LogP contribution in [0.2, 0.25) is 0 Å². The Labute approximate surface area is 135 Å². The van der Waals surface area contributed by atoms with Crippen LogP contribution in [0.15, 0.2) is 18.2 Å². The Morgan fingerprint density at radius 2 is 2.17 bits per heavy atom. The Morgan fingerprint density at radius 1 is 1.43 bits per heavy atom. The van der Waals surface area contributed by atoms with Crippen LogP contribution in [-0.2, 0) is 9.53 Å². The van der Waals surface area contributed by atoms with Gasteiger partial charge in [0.15, 0.2) is 0 Å². The van der Waals surface area contributed by atoms with Gasteiger partial charge in [0.1, 0.15) is 11.9 Å². The molecule has 0 spiro atoms. The third-order valence-corrected chi connectivity index (χ3v) is 3.79. The molecule has 1 aromatic rings. The van der Waals surface area contributed by atoms with Crippen molar-refractivity contribution in [3.05, 3.63) is 29.6 Å². The van der Waals surface area contributed by atoms with Crippen molar-refractivity contribution in [3.8, 4) is 0 Å². The summed E-state index contributed by atoms with van der Waals surface area (Å²) in [4.78, 5) is 26.0. The molecule has 0 aromatic heterocycles. The maximum atomic E-state index is 13.3. The lowest BCUT2D eigenvalue weighted by atomic mass is 10.1. The Hall–Kier alpha value is -2.11. The smallest absolute Gasteiger partial charge is 0.410 e. The molecule has 1 fully saturated rings. The molecule has 1 unspecified atom stereocenters. The number of likely N-dealkylation sites (tertiary alicyclic amines) is 1. The number of carbonyl (C=O) groups is 2. The molecule has 0 saturated carbocycles. The average molecular weight is 322 g/mol. The van der Waals surface area contributed by atoms with Crippen LogP contribution in [0.4, 0.5) is 14.9 Å². The lowest BCUT2D eigenvalue weighted by Crippen LogP contribution is -2.43. The molecule has 1 aliphatic heterocycles. The number of nitrogens with one attached hydrogen (secondary N) is 1. The van der Waals surface area contributed by atoms with Crippen LogP contribution >= 0.6 is 0 Å². The van der Waals surface area contributed by atoms with Gasteiger partial charge in [-0.3, -0.25) is 9.69 Å². The second kappa shape index (κ2) is 7.44. The fourth-order valence-electron chi connectivity index (χ4n) is 2.52. The fourth-order valence-corrected chi connectivity index (χ4v) is 2.52. The topological polar surface area (TPSA) is 58.6 Å². The molecule has 5 nitrogen and oxygen atoms in total. The van der Waals surface area contributed by atoms with E-state index in [0.29, 0.717) is 25.3 Å². The van der Waals surface area contributed by atoms with Crippen molar-refractivity contribution >= 4 is 17.7 Å². The van der Waals surface area contributed by atoms with Gasteiger partial charge in [-0.2, -0.15) is 0 Å². The van der Waals surface area contributed by atoms with E-state index in [4.69, 9.17) is 4.74 Å². The van der Waals surface area contributed by atoms with E-state index in [1.54, 1.807) is 13.0 Å². The quantitative estimate of drug-likeness (QED) is 0.925. The van der Waals surface area contributed by atoms with Crippen LogP contribution in [0.3, 0.4) is 0 Å². The molecular weight excluding hydrogens is 299 g/mol. The molecule has 0 bridgehead atoms. The first-order valence-electron chi connectivity index (χ1n) is 7.89. The van der Waals surface area contributed by atoms with Crippen molar-refractivity contribution in [3.63, 3.8) is 0 Å². The van der Waals surface area contributed by atoms with Crippen LogP contribution in [-0.4, -0.2) is 36.1 Å². The predicted octanol–water partition coefficient (Wildman–Crippen LogP) is 3.33. The van der Waals surface area contributed by atoms with Gasteiger partial charge in [0, 0.05) is 12.2 Å². The summed E-state index contributed by atoms with van der Waals surface area (Å²) in [5.74, 6) is -0.480. The molecular formula is C17H23FN2O3. The van der Waals surface area contributed by atoms with Gasteiger partial charge >= 0.3 is 6.09 Å². The number of anilines is 1. The van der Waals surface area contributed by atoms with Crippen LogP contribution in [0.25, 0.3) is 0 Å². The van der Waals surface area contributed by atoms with Crippen molar-refractivity contribution < 1.29 is 18.7 Å². The van der Waals surface area contributed by atoms with E-state index in [1.807, 2.05) is 13.8 Å². The Balaban J connectivity index is 2.02. The highest BCUT2D eigenvalue weighted by Crippen LogP contribution is 2.22. The minimum absolute atomic E-state index is 0.240. The Bertz CT molecular complexity index is 589. The number of rotatable bonds is 4. The lowest BCUT2D eigenvalue weighted by Gasteiger charge is -2.24. The fraction of sp³-hybridized carbons (Fsp3) is 0.529. The van der Waals surface area contributed by atoms with Gasteiger partial charge in [-0.05, 0) is 43.4 Å². The van der Waals surface area contributed by atoms with Gasteiger partial charge in [-0.25, -0.2) is 9.18 Å². The summed E-state index contributed by atoms with van der Waals surface area (Å²) in [5, 5.41) is 2.71. The summed E-state index contributed by atoms with van der Waals surface area (Å²) in [6.45, 7) is 6.52. The van der Waals surface area contributed by atoms with Crippen molar-refractivity contribution in [2.75, 3.05) is 18.5 Å². The number of carbonyl (C=O) groups excluding carboxylic acids is 2. The van der Waals surface area contributed by atoms with Gasteiger partial charge in [-0.1, -0.05) is 19.9 Å². The van der Waals surface area contributed by atoms with Crippen LogP contribution in [0.1, 0.15) is 32.3 Å². The molecule has 0 radical (unpaired) electrons. The van der Waals surface area contributed by atoms with Crippen molar-refractivity contribution in [1.29, 1.82) is 0 Å². The third-order valence-electron chi connectivity index (χ3n) is 3.79. The van der Waals surface area contributed by atoms with Crippen LogP contribution < -0.4 is 5.32 Å². The summed E-state index contributed by atoms with van der Waals surface area (Å²) >= 11 is 0. The number of hydrogen-bond acceptors (Lipinski definition) is 3. The van der Waals surface area contributed by atoms with E-state index in [-0.39, 0.29) is 11.8 Å². The molecule has 0 aliphatic carbocycles. The number of ether oxygens (including phenoxy) is 1. The molecule has 126 valence electrons. The lowest BCUT2D eigenvalue weighted by molar-refractivity contribution is -0.120. The Kier molecular flexibility index (Phi) is 5.58. The van der Waals surface area contributed by atoms with Crippen molar-refractivity contribution in [1.82, 2.24) is 4.90 Å². The molecule has 1 N–H and O–H groups in total.